The van der Waals surface area contributed by atoms with Crippen LogP contribution < -0.4 is 10.1 Å². The molecule has 0 aliphatic heterocycles. The number of ether oxygens (including phenoxy) is 1. The molecule has 2 rings (SSSR count). The monoisotopic (exact) mass is 293 g/mol. The molecule has 0 aliphatic carbocycles. The molecule has 1 aromatic carbocycles. The molecular weight excluding hydrogens is 274 g/mol. The number of rotatable bonds is 6. The fourth-order valence-corrected chi connectivity index (χ4v) is 2.21. The van der Waals surface area contributed by atoms with E-state index < -0.39 is 0 Å². The van der Waals surface area contributed by atoms with Gasteiger partial charge in [0.1, 0.15) is 5.75 Å². The van der Waals surface area contributed by atoms with Gasteiger partial charge in [-0.05, 0) is 39.0 Å². The van der Waals surface area contributed by atoms with Crippen molar-refractivity contribution in [1.82, 2.24) is 9.78 Å². The van der Waals surface area contributed by atoms with Crippen LogP contribution in [0.25, 0.3) is 0 Å². The van der Waals surface area contributed by atoms with Gasteiger partial charge in [-0.2, -0.15) is 5.10 Å². The van der Waals surface area contributed by atoms with E-state index in [1.165, 1.54) is 0 Å². The van der Waals surface area contributed by atoms with E-state index in [1.54, 1.807) is 0 Å². The van der Waals surface area contributed by atoms with Crippen LogP contribution in [-0.4, -0.2) is 16.4 Å². The number of nitrogens with one attached hydrogen (secondary N) is 1. The third kappa shape index (κ3) is 3.45. The molecule has 5 heteroatoms. The fourth-order valence-electron chi connectivity index (χ4n) is 1.97. The van der Waals surface area contributed by atoms with Crippen molar-refractivity contribution in [3.8, 4) is 5.75 Å². The SMILES string of the molecule is CCOc1ccc(NC(C)c2cnn(CC)c2)cc1Cl. The molecule has 1 N–H and O–H groups in total. The summed E-state index contributed by atoms with van der Waals surface area (Å²) < 4.78 is 7.34. The molecule has 0 aliphatic rings. The minimum Gasteiger partial charge on any atom is -0.492 e. The topological polar surface area (TPSA) is 39.1 Å². The summed E-state index contributed by atoms with van der Waals surface area (Å²) in [5, 5.41) is 8.32. The number of hydrogen-bond acceptors (Lipinski definition) is 3. The second-order valence-corrected chi connectivity index (χ2v) is 4.98. The van der Waals surface area contributed by atoms with Gasteiger partial charge in [0.05, 0.1) is 23.9 Å². The molecule has 1 unspecified atom stereocenters. The summed E-state index contributed by atoms with van der Waals surface area (Å²) in [4.78, 5) is 0. The highest BCUT2D eigenvalue weighted by Crippen LogP contribution is 2.29. The second kappa shape index (κ2) is 6.66. The first-order chi connectivity index (χ1) is 9.63. The summed E-state index contributed by atoms with van der Waals surface area (Å²) in [5.74, 6) is 0.714. The summed E-state index contributed by atoms with van der Waals surface area (Å²) in [6.07, 6.45) is 3.94. The van der Waals surface area contributed by atoms with Gasteiger partial charge in [-0.3, -0.25) is 4.68 Å². The Labute approximate surface area is 124 Å². The molecular formula is C15H20ClN3O. The van der Waals surface area contributed by atoms with Gasteiger partial charge in [-0.15, -0.1) is 0 Å². The van der Waals surface area contributed by atoms with Gasteiger partial charge in [-0.1, -0.05) is 11.6 Å². The second-order valence-electron chi connectivity index (χ2n) is 4.57. The minimum absolute atomic E-state index is 0.171. The van der Waals surface area contributed by atoms with Crippen molar-refractivity contribution in [3.63, 3.8) is 0 Å². The quantitative estimate of drug-likeness (QED) is 0.870. The fraction of sp³-hybridized carbons (Fsp3) is 0.400. The molecule has 1 atom stereocenters. The Morgan fingerprint density at radius 2 is 2.20 bits per heavy atom. The third-order valence-electron chi connectivity index (χ3n) is 3.09. The lowest BCUT2D eigenvalue weighted by molar-refractivity contribution is 0.340. The Balaban J connectivity index is 2.07. The molecule has 0 spiro atoms. The summed E-state index contributed by atoms with van der Waals surface area (Å²) >= 11 is 6.18. The number of nitrogens with zero attached hydrogens (tertiary/aromatic N) is 2. The van der Waals surface area contributed by atoms with Crippen molar-refractivity contribution < 1.29 is 4.74 Å². The van der Waals surface area contributed by atoms with Crippen LogP contribution in [-0.2, 0) is 6.54 Å². The predicted molar refractivity (Wildman–Crippen MR) is 82.6 cm³/mol. The van der Waals surface area contributed by atoms with E-state index in [2.05, 4.69) is 24.3 Å². The zero-order valence-electron chi connectivity index (χ0n) is 12.1. The van der Waals surface area contributed by atoms with Gasteiger partial charge in [0.2, 0.25) is 0 Å². The maximum atomic E-state index is 6.18. The van der Waals surface area contributed by atoms with Crippen molar-refractivity contribution in [1.29, 1.82) is 0 Å². The van der Waals surface area contributed by atoms with Crippen molar-refractivity contribution in [2.24, 2.45) is 0 Å². The lowest BCUT2D eigenvalue weighted by atomic mass is 10.2. The molecule has 2 aromatic rings. The maximum Gasteiger partial charge on any atom is 0.138 e. The van der Waals surface area contributed by atoms with E-state index in [9.17, 15) is 0 Å². The molecule has 0 saturated carbocycles. The molecule has 1 aromatic heterocycles. The van der Waals surface area contributed by atoms with Crippen LogP contribution >= 0.6 is 11.6 Å². The Morgan fingerprint density at radius 1 is 1.40 bits per heavy atom. The van der Waals surface area contributed by atoms with Crippen LogP contribution in [0.4, 0.5) is 5.69 Å². The number of halogens is 1. The van der Waals surface area contributed by atoms with E-state index in [-0.39, 0.29) is 6.04 Å². The number of aromatic nitrogens is 2. The Kier molecular flexibility index (Phi) is 4.90. The third-order valence-corrected chi connectivity index (χ3v) is 3.39. The van der Waals surface area contributed by atoms with Gasteiger partial charge >= 0.3 is 0 Å². The summed E-state index contributed by atoms with van der Waals surface area (Å²) in [5.41, 5.74) is 2.12. The van der Waals surface area contributed by atoms with Crippen molar-refractivity contribution >= 4 is 17.3 Å². The van der Waals surface area contributed by atoms with Crippen LogP contribution in [0, 0.1) is 0 Å². The first kappa shape index (κ1) is 14.7. The highest BCUT2D eigenvalue weighted by molar-refractivity contribution is 6.32. The molecule has 1 heterocycles. The summed E-state index contributed by atoms with van der Waals surface area (Å²) in [7, 11) is 0. The zero-order valence-corrected chi connectivity index (χ0v) is 12.8. The van der Waals surface area contributed by atoms with Crippen LogP contribution in [0.3, 0.4) is 0 Å². The molecule has 108 valence electrons. The molecule has 20 heavy (non-hydrogen) atoms. The summed E-state index contributed by atoms with van der Waals surface area (Å²) in [6, 6.07) is 5.91. The normalized spacial score (nSPS) is 12.2. The lowest BCUT2D eigenvalue weighted by Gasteiger charge is -2.15. The van der Waals surface area contributed by atoms with Gasteiger partial charge in [-0.25, -0.2) is 0 Å². The predicted octanol–water partition coefficient (Wildman–Crippen LogP) is 4.13. The highest BCUT2D eigenvalue weighted by atomic mass is 35.5. The van der Waals surface area contributed by atoms with Gasteiger partial charge in [0.25, 0.3) is 0 Å². The largest absolute Gasteiger partial charge is 0.492 e. The summed E-state index contributed by atoms with van der Waals surface area (Å²) in [6.45, 7) is 7.60. The number of hydrogen-bond donors (Lipinski definition) is 1. The Hall–Kier alpha value is -1.68. The minimum atomic E-state index is 0.171. The highest BCUT2D eigenvalue weighted by Gasteiger charge is 2.09. The van der Waals surface area contributed by atoms with E-state index in [1.807, 2.05) is 42.2 Å². The van der Waals surface area contributed by atoms with Gasteiger partial charge in [0, 0.05) is 24.0 Å². The van der Waals surface area contributed by atoms with Gasteiger partial charge in [0.15, 0.2) is 0 Å². The average molecular weight is 294 g/mol. The van der Waals surface area contributed by atoms with E-state index in [0.29, 0.717) is 17.4 Å². The first-order valence-corrected chi connectivity index (χ1v) is 7.23. The molecule has 0 saturated heterocycles. The molecule has 0 amide bonds. The van der Waals surface area contributed by atoms with E-state index in [4.69, 9.17) is 16.3 Å². The smallest absolute Gasteiger partial charge is 0.138 e. The van der Waals surface area contributed by atoms with Crippen molar-refractivity contribution in [2.75, 3.05) is 11.9 Å². The Morgan fingerprint density at radius 3 is 2.80 bits per heavy atom. The standard InChI is InChI=1S/C15H20ClN3O/c1-4-19-10-12(9-17-19)11(3)18-13-6-7-15(20-5-2)14(16)8-13/h6-11,18H,4-5H2,1-3H3. The number of aryl methyl sites for hydroxylation is 1. The van der Waals surface area contributed by atoms with Gasteiger partial charge < -0.3 is 10.1 Å². The van der Waals surface area contributed by atoms with E-state index >= 15 is 0 Å². The molecule has 0 radical (unpaired) electrons. The van der Waals surface area contributed by atoms with Crippen LogP contribution in [0.2, 0.25) is 5.02 Å². The van der Waals surface area contributed by atoms with Crippen LogP contribution in [0.15, 0.2) is 30.6 Å². The Bertz CT molecular complexity index is 568. The lowest BCUT2D eigenvalue weighted by Crippen LogP contribution is -2.06. The number of benzene rings is 1. The molecule has 4 nitrogen and oxygen atoms in total. The first-order valence-electron chi connectivity index (χ1n) is 6.85. The maximum absolute atomic E-state index is 6.18. The van der Waals surface area contributed by atoms with Crippen LogP contribution in [0.1, 0.15) is 32.4 Å². The zero-order chi connectivity index (χ0) is 14.5. The van der Waals surface area contributed by atoms with Crippen molar-refractivity contribution in [3.05, 3.63) is 41.2 Å². The number of anilines is 1. The van der Waals surface area contributed by atoms with Crippen molar-refractivity contribution in [2.45, 2.75) is 33.4 Å². The van der Waals surface area contributed by atoms with Crippen LogP contribution in [0.5, 0.6) is 5.75 Å². The van der Waals surface area contributed by atoms with E-state index in [0.717, 1.165) is 17.8 Å². The molecule has 0 bridgehead atoms. The molecule has 0 fully saturated rings. The average Bonchev–Trinajstić information content (AvgIpc) is 2.91.